The van der Waals surface area contributed by atoms with Gasteiger partial charge in [0.25, 0.3) is 11.5 Å². The molecular formula is C28H23N3O6S. The van der Waals surface area contributed by atoms with Gasteiger partial charge in [-0.3, -0.25) is 24.6 Å². The SMILES string of the molecule is CCOc1ccc(/C(O)=C2\C(=O)C(=O)N(c3nc4ccc(CC)cc4s3)[C@H]2c2cccc([N+](=O)[O-])c2)cc1. The van der Waals surface area contributed by atoms with Crippen LogP contribution in [-0.2, 0) is 16.0 Å². The Kier molecular flexibility index (Phi) is 6.64. The highest BCUT2D eigenvalue weighted by atomic mass is 32.1. The van der Waals surface area contributed by atoms with Gasteiger partial charge in [-0.2, -0.15) is 0 Å². The number of thiazole rings is 1. The van der Waals surface area contributed by atoms with Crippen LogP contribution in [0.5, 0.6) is 5.75 Å². The molecule has 192 valence electrons. The Bertz CT molecular complexity index is 1610. The van der Waals surface area contributed by atoms with Crippen molar-refractivity contribution in [1.82, 2.24) is 4.98 Å². The molecule has 0 bridgehead atoms. The number of amides is 1. The van der Waals surface area contributed by atoms with Gasteiger partial charge in [-0.25, -0.2) is 4.98 Å². The fraction of sp³-hybridized carbons (Fsp3) is 0.179. The third kappa shape index (κ3) is 4.39. The number of aliphatic hydroxyl groups is 1. The van der Waals surface area contributed by atoms with Crippen molar-refractivity contribution >= 4 is 49.8 Å². The average molecular weight is 530 g/mol. The molecule has 1 amide bonds. The van der Waals surface area contributed by atoms with E-state index in [9.17, 15) is 24.8 Å². The number of hydrogen-bond donors (Lipinski definition) is 1. The normalized spacial score (nSPS) is 16.8. The number of nitro benzene ring substituents is 1. The Morgan fingerprint density at radius 3 is 2.55 bits per heavy atom. The van der Waals surface area contributed by atoms with Gasteiger partial charge in [0.2, 0.25) is 0 Å². The molecule has 10 heteroatoms. The van der Waals surface area contributed by atoms with E-state index in [-0.39, 0.29) is 22.2 Å². The zero-order chi connectivity index (χ0) is 27.0. The molecular weight excluding hydrogens is 506 g/mol. The molecule has 1 atom stereocenters. The van der Waals surface area contributed by atoms with Crippen LogP contribution >= 0.6 is 11.3 Å². The van der Waals surface area contributed by atoms with Crippen molar-refractivity contribution in [2.24, 2.45) is 0 Å². The predicted octanol–water partition coefficient (Wildman–Crippen LogP) is 5.79. The molecule has 1 fully saturated rings. The summed E-state index contributed by atoms with van der Waals surface area (Å²) in [5.41, 5.74) is 1.99. The zero-order valence-corrected chi connectivity index (χ0v) is 21.4. The molecule has 38 heavy (non-hydrogen) atoms. The summed E-state index contributed by atoms with van der Waals surface area (Å²) >= 11 is 1.24. The predicted molar refractivity (Wildman–Crippen MR) is 144 cm³/mol. The summed E-state index contributed by atoms with van der Waals surface area (Å²) in [5.74, 6) is -1.58. The number of Topliss-reactive ketones (excluding diaryl/α,β-unsaturated/α-hetero) is 1. The Morgan fingerprint density at radius 2 is 1.87 bits per heavy atom. The Morgan fingerprint density at radius 1 is 1.11 bits per heavy atom. The van der Waals surface area contributed by atoms with Gasteiger partial charge in [-0.1, -0.05) is 36.5 Å². The minimum absolute atomic E-state index is 0.173. The lowest BCUT2D eigenvalue weighted by Crippen LogP contribution is -2.29. The second-order valence-electron chi connectivity index (χ2n) is 8.63. The summed E-state index contributed by atoms with van der Waals surface area (Å²) in [6.07, 6.45) is 0.823. The first-order valence-corrected chi connectivity index (χ1v) is 12.8. The van der Waals surface area contributed by atoms with Crippen molar-refractivity contribution in [2.45, 2.75) is 26.3 Å². The van der Waals surface area contributed by atoms with Crippen LogP contribution in [0, 0.1) is 10.1 Å². The number of non-ortho nitro benzene ring substituents is 1. The lowest BCUT2D eigenvalue weighted by atomic mass is 9.95. The van der Waals surface area contributed by atoms with E-state index in [0.717, 1.165) is 16.7 Å². The summed E-state index contributed by atoms with van der Waals surface area (Å²) in [5, 5.41) is 23.1. The molecule has 1 N–H and O–H groups in total. The maximum Gasteiger partial charge on any atom is 0.301 e. The quantitative estimate of drug-likeness (QED) is 0.106. The van der Waals surface area contributed by atoms with Gasteiger partial charge < -0.3 is 9.84 Å². The Hall–Kier alpha value is -4.57. The van der Waals surface area contributed by atoms with Gasteiger partial charge >= 0.3 is 5.91 Å². The number of ether oxygens (including phenoxy) is 1. The summed E-state index contributed by atoms with van der Waals surface area (Å²) in [6, 6.07) is 16.8. The molecule has 0 unspecified atom stereocenters. The van der Waals surface area contributed by atoms with Gasteiger partial charge in [-0.05, 0) is 60.9 Å². The second kappa shape index (κ2) is 10.1. The van der Waals surface area contributed by atoms with Gasteiger partial charge in [0.15, 0.2) is 5.13 Å². The maximum absolute atomic E-state index is 13.4. The smallest absolute Gasteiger partial charge is 0.301 e. The van der Waals surface area contributed by atoms with E-state index in [1.54, 1.807) is 30.3 Å². The van der Waals surface area contributed by atoms with E-state index < -0.39 is 22.7 Å². The summed E-state index contributed by atoms with van der Waals surface area (Å²) in [6.45, 7) is 4.34. The highest BCUT2D eigenvalue weighted by Gasteiger charge is 2.48. The number of hydrogen-bond acceptors (Lipinski definition) is 8. The number of benzene rings is 3. The number of anilines is 1. The van der Waals surface area contributed by atoms with Crippen molar-refractivity contribution < 1.29 is 24.4 Å². The van der Waals surface area contributed by atoms with Crippen LogP contribution in [0.2, 0.25) is 0 Å². The molecule has 1 aliphatic rings. The molecule has 0 saturated carbocycles. The number of aryl methyl sites for hydroxylation is 1. The van der Waals surface area contributed by atoms with E-state index in [1.165, 1.54) is 34.4 Å². The first-order valence-electron chi connectivity index (χ1n) is 12.0. The van der Waals surface area contributed by atoms with E-state index in [2.05, 4.69) is 4.98 Å². The molecule has 9 nitrogen and oxygen atoms in total. The summed E-state index contributed by atoms with van der Waals surface area (Å²) in [4.78, 5) is 43.6. The molecule has 0 spiro atoms. The molecule has 0 radical (unpaired) electrons. The standard InChI is InChI=1S/C28H23N3O6S/c1-3-16-8-13-21-22(14-16)38-28(29-21)30-24(18-6-5-7-19(15-18)31(35)36)23(26(33)27(30)34)25(32)17-9-11-20(12-10-17)37-4-2/h5-15,24,32H,3-4H2,1-2H3/b25-23+/t24-/m0/s1. The van der Waals surface area contributed by atoms with E-state index in [4.69, 9.17) is 4.74 Å². The van der Waals surface area contributed by atoms with Crippen LogP contribution in [0.3, 0.4) is 0 Å². The zero-order valence-electron chi connectivity index (χ0n) is 20.6. The number of carbonyl (C=O) groups excluding carboxylic acids is 2. The number of ketones is 1. The second-order valence-corrected chi connectivity index (χ2v) is 9.64. The van der Waals surface area contributed by atoms with Crippen molar-refractivity contribution in [2.75, 3.05) is 11.5 Å². The largest absolute Gasteiger partial charge is 0.507 e. The minimum Gasteiger partial charge on any atom is -0.507 e. The number of nitro groups is 1. The number of aliphatic hydroxyl groups excluding tert-OH is 1. The summed E-state index contributed by atoms with van der Waals surface area (Å²) < 4.78 is 6.29. The third-order valence-corrected chi connectivity index (χ3v) is 7.35. The van der Waals surface area contributed by atoms with Gasteiger partial charge in [0.05, 0.1) is 33.4 Å². The molecule has 5 rings (SSSR count). The fourth-order valence-electron chi connectivity index (χ4n) is 4.46. The van der Waals surface area contributed by atoms with E-state index in [1.807, 2.05) is 32.0 Å². The molecule has 1 aromatic heterocycles. The van der Waals surface area contributed by atoms with Crippen molar-refractivity contribution in [3.63, 3.8) is 0 Å². The van der Waals surface area contributed by atoms with Gasteiger partial charge in [0, 0.05) is 17.7 Å². The fourth-order valence-corrected chi connectivity index (χ4v) is 5.52. The average Bonchev–Trinajstić information content (AvgIpc) is 3.46. The van der Waals surface area contributed by atoms with Crippen LogP contribution in [0.15, 0.2) is 72.3 Å². The lowest BCUT2D eigenvalue weighted by Gasteiger charge is -2.22. The number of nitrogens with zero attached hydrogens (tertiary/aromatic N) is 3. The number of rotatable bonds is 7. The van der Waals surface area contributed by atoms with Crippen LogP contribution in [-0.4, -0.2) is 33.3 Å². The monoisotopic (exact) mass is 529 g/mol. The van der Waals surface area contributed by atoms with Crippen LogP contribution < -0.4 is 9.64 Å². The van der Waals surface area contributed by atoms with Gasteiger partial charge in [-0.15, -0.1) is 0 Å². The minimum atomic E-state index is -1.12. The molecule has 4 aromatic rings. The first kappa shape index (κ1) is 25.1. The highest BCUT2D eigenvalue weighted by molar-refractivity contribution is 7.22. The Labute approximate surface area is 221 Å². The van der Waals surface area contributed by atoms with Crippen LogP contribution in [0.1, 0.15) is 36.6 Å². The van der Waals surface area contributed by atoms with Crippen LogP contribution in [0.25, 0.3) is 16.0 Å². The van der Waals surface area contributed by atoms with Crippen molar-refractivity contribution in [3.8, 4) is 5.75 Å². The third-order valence-electron chi connectivity index (χ3n) is 6.34. The lowest BCUT2D eigenvalue weighted by molar-refractivity contribution is -0.384. The first-order chi connectivity index (χ1) is 18.3. The number of fused-ring (bicyclic) bond motifs is 1. The van der Waals surface area contributed by atoms with Crippen molar-refractivity contribution in [1.29, 1.82) is 0 Å². The molecule has 2 heterocycles. The number of carbonyl (C=O) groups is 2. The molecule has 3 aromatic carbocycles. The molecule has 0 aliphatic carbocycles. The van der Waals surface area contributed by atoms with Gasteiger partial charge in [0.1, 0.15) is 11.5 Å². The highest BCUT2D eigenvalue weighted by Crippen LogP contribution is 2.45. The number of aromatic nitrogens is 1. The van der Waals surface area contributed by atoms with E-state index in [0.29, 0.717) is 29.0 Å². The molecule has 1 aliphatic heterocycles. The Balaban J connectivity index is 1.70. The maximum atomic E-state index is 13.4. The summed E-state index contributed by atoms with van der Waals surface area (Å²) in [7, 11) is 0. The van der Waals surface area contributed by atoms with E-state index >= 15 is 0 Å². The topological polar surface area (TPSA) is 123 Å². The van der Waals surface area contributed by atoms with Crippen molar-refractivity contribution in [3.05, 3.63) is 99.1 Å². The van der Waals surface area contributed by atoms with Crippen LogP contribution in [0.4, 0.5) is 10.8 Å². The molecule has 1 saturated heterocycles.